The number of alkyl halides is 2. The lowest BCUT2D eigenvalue weighted by Crippen LogP contribution is -2.48. The molecule has 8 nitrogen and oxygen atoms in total. The Labute approximate surface area is 273 Å². The molecule has 1 unspecified atom stereocenters. The van der Waals surface area contributed by atoms with E-state index in [1.54, 1.807) is 17.0 Å². The summed E-state index contributed by atoms with van der Waals surface area (Å²) in [6.07, 6.45) is 1.64. The van der Waals surface area contributed by atoms with Crippen LogP contribution >= 0.6 is 0 Å². The second kappa shape index (κ2) is 13.6. The minimum atomic E-state index is -2.53. The van der Waals surface area contributed by atoms with Crippen LogP contribution in [0, 0.1) is 17.7 Å². The molecular weight excluding hydrogens is 607 g/mol. The van der Waals surface area contributed by atoms with Gasteiger partial charge in [-0.15, -0.1) is 0 Å². The van der Waals surface area contributed by atoms with Crippen molar-refractivity contribution in [3.63, 3.8) is 0 Å². The van der Waals surface area contributed by atoms with Gasteiger partial charge in [0.05, 0.1) is 17.0 Å². The Balaban J connectivity index is 1.16. The summed E-state index contributed by atoms with van der Waals surface area (Å²) in [5.74, 6) is -2.49. The average Bonchev–Trinajstić information content (AvgIpc) is 3.34. The maximum Gasteiger partial charge on any atom is 0.254 e. The van der Waals surface area contributed by atoms with Gasteiger partial charge >= 0.3 is 0 Å². The first kappa shape index (κ1) is 32.9. The Kier molecular flexibility index (Phi) is 9.55. The maximum atomic E-state index is 15.6. The van der Waals surface area contributed by atoms with Crippen LogP contribution in [0.3, 0.4) is 0 Å². The molecule has 0 radical (unpaired) electrons. The van der Waals surface area contributed by atoms with Crippen molar-refractivity contribution in [2.75, 3.05) is 26.2 Å². The van der Waals surface area contributed by atoms with Crippen molar-refractivity contribution < 1.29 is 27.5 Å². The van der Waals surface area contributed by atoms with E-state index < -0.39 is 17.6 Å². The van der Waals surface area contributed by atoms with Gasteiger partial charge in [-0.2, -0.15) is 10.2 Å². The number of hydrogen-bond donors (Lipinski definition) is 1. The van der Waals surface area contributed by atoms with Crippen LogP contribution in [0.1, 0.15) is 80.4 Å². The number of nitrogens with zero attached hydrogens (tertiary/aromatic N) is 4. The molecule has 1 aromatic heterocycles. The lowest BCUT2D eigenvalue weighted by molar-refractivity contribution is -0.128. The first-order valence-electron chi connectivity index (χ1n) is 16.6. The number of ether oxygens (including phenoxy) is 1. The molecule has 3 fully saturated rings. The first-order chi connectivity index (χ1) is 22.4. The summed E-state index contributed by atoms with van der Waals surface area (Å²) in [7, 11) is 0. The fraction of sp³-hybridized carbons (Fsp3) is 0.500. The minimum absolute atomic E-state index is 0.00279. The summed E-state index contributed by atoms with van der Waals surface area (Å²) < 4.78 is 48.3. The van der Waals surface area contributed by atoms with E-state index in [1.807, 2.05) is 31.2 Å². The Morgan fingerprint density at radius 1 is 1.06 bits per heavy atom. The van der Waals surface area contributed by atoms with E-state index in [0.717, 1.165) is 17.0 Å². The first-order valence-corrected chi connectivity index (χ1v) is 16.6. The van der Waals surface area contributed by atoms with Crippen molar-refractivity contribution in [2.24, 2.45) is 11.8 Å². The van der Waals surface area contributed by atoms with Gasteiger partial charge in [0, 0.05) is 69.2 Å². The number of benzene rings is 2. The van der Waals surface area contributed by atoms with Crippen molar-refractivity contribution in [3.8, 4) is 22.8 Å². The molecule has 1 N–H and O–H groups in total. The third-order valence-corrected chi connectivity index (χ3v) is 9.43. The van der Waals surface area contributed by atoms with Crippen molar-refractivity contribution in [1.82, 2.24) is 25.3 Å². The van der Waals surface area contributed by atoms with Gasteiger partial charge in [-0.05, 0) is 79.1 Å². The predicted molar refractivity (Wildman–Crippen MR) is 172 cm³/mol. The van der Waals surface area contributed by atoms with Crippen molar-refractivity contribution in [3.05, 3.63) is 71.2 Å². The second-order valence-corrected chi connectivity index (χ2v) is 13.8. The summed E-state index contributed by atoms with van der Waals surface area (Å²) in [5, 5.41) is 11.6. The number of hydrogen-bond acceptors (Lipinski definition) is 6. The van der Waals surface area contributed by atoms with Gasteiger partial charge in [0.2, 0.25) is 11.8 Å². The molecule has 6 rings (SSSR count). The number of halogens is 3. The Hall–Kier alpha value is -3.99. The molecule has 3 heterocycles. The van der Waals surface area contributed by atoms with Crippen molar-refractivity contribution in [1.29, 1.82) is 0 Å². The lowest BCUT2D eigenvalue weighted by atomic mass is 9.81. The van der Waals surface area contributed by atoms with Gasteiger partial charge in [-0.25, -0.2) is 13.2 Å². The van der Waals surface area contributed by atoms with Gasteiger partial charge in [0.1, 0.15) is 17.3 Å². The molecule has 0 bridgehead atoms. The molecule has 1 saturated carbocycles. The van der Waals surface area contributed by atoms with Gasteiger partial charge in [0.15, 0.2) is 0 Å². The highest BCUT2D eigenvalue weighted by molar-refractivity contribution is 5.95. The van der Waals surface area contributed by atoms with Gasteiger partial charge in [0.25, 0.3) is 5.91 Å². The fourth-order valence-corrected chi connectivity index (χ4v) is 6.74. The second-order valence-electron chi connectivity index (χ2n) is 13.8. The third kappa shape index (κ3) is 7.94. The van der Waals surface area contributed by atoms with E-state index in [9.17, 15) is 18.4 Å². The monoisotopic (exact) mass is 649 g/mol. The molecule has 0 spiro atoms. The van der Waals surface area contributed by atoms with E-state index in [2.05, 4.69) is 34.3 Å². The molecule has 2 saturated heterocycles. The number of likely N-dealkylation sites (tertiary alicyclic amines) is 2. The van der Waals surface area contributed by atoms with E-state index in [-0.39, 0.29) is 54.7 Å². The summed E-state index contributed by atoms with van der Waals surface area (Å²) in [6, 6.07) is 13.7. The van der Waals surface area contributed by atoms with Gasteiger partial charge < -0.3 is 19.9 Å². The van der Waals surface area contributed by atoms with Crippen molar-refractivity contribution in [2.45, 2.75) is 77.3 Å². The molecule has 2 aliphatic heterocycles. The van der Waals surface area contributed by atoms with Gasteiger partial charge in [-0.1, -0.05) is 20.8 Å². The number of carbonyl (C=O) groups is 2. The molecular formula is C36H42F3N5O3. The smallest absolute Gasteiger partial charge is 0.254 e. The van der Waals surface area contributed by atoms with Gasteiger partial charge in [-0.3, -0.25) is 9.59 Å². The molecule has 1 aliphatic carbocycles. The molecule has 1 atom stereocenters. The van der Waals surface area contributed by atoms with E-state index in [4.69, 9.17) is 4.74 Å². The minimum Gasteiger partial charge on any atom is -0.457 e. The molecule has 2 amide bonds. The topological polar surface area (TPSA) is 87.7 Å². The largest absolute Gasteiger partial charge is 0.457 e. The number of piperidine rings is 1. The number of amides is 2. The molecule has 11 heteroatoms. The van der Waals surface area contributed by atoms with E-state index >= 15 is 4.39 Å². The molecule has 47 heavy (non-hydrogen) atoms. The summed E-state index contributed by atoms with van der Waals surface area (Å²) in [4.78, 5) is 29.8. The normalized spacial score (nSPS) is 20.4. The quantitative estimate of drug-likeness (QED) is 0.260. The summed E-state index contributed by atoms with van der Waals surface area (Å²) in [6.45, 7) is 8.87. The highest BCUT2D eigenvalue weighted by Crippen LogP contribution is 2.43. The van der Waals surface area contributed by atoms with E-state index in [0.29, 0.717) is 62.5 Å². The number of carbonyl (C=O) groups excluding carboxylic acids is 2. The van der Waals surface area contributed by atoms with Crippen LogP contribution in [0.25, 0.3) is 11.3 Å². The number of nitrogens with one attached hydrogen (secondary N) is 1. The van der Waals surface area contributed by atoms with Crippen LogP contribution in [0.5, 0.6) is 11.5 Å². The van der Waals surface area contributed by atoms with Crippen LogP contribution in [0.2, 0.25) is 0 Å². The standard InChI is InChI=1S/C36H42F3N5O3/c1-22(2)31-8-9-32(42-41-31)25-4-6-28(7-5-25)47-33-16-29(30(37)15-26(33)21-44-19-23(3)14-34(44)45)35(46)40-27-10-12-43(13-11-27)20-24-17-36(38,39)18-24/h4-9,15-16,22-24,27H,10-14,17-21H2,1-3H3,(H,40,46). The van der Waals surface area contributed by atoms with Crippen LogP contribution in [0.4, 0.5) is 13.2 Å². The predicted octanol–water partition coefficient (Wildman–Crippen LogP) is 6.81. The van der Waals surface area contributed by atoms with Crippen molar-refractivity contribution >= 4 is 11.8 Å². The van der Waals surface area contributed by atoms with Crippen LogP contribution in [-0.4, -0.2) is 70.0 Å². The highest BCUT2D eigenvalue weighted by Gasteiger charge is 2.45. The maximum absolute atomic E-state index is 15.6. The molecule has 250 valence electrons. The Morgan fingerprint density at radius 3 is 2.38 bits per heavy atom. The average molecular weight is 650 g/mol. The molecule has 2 aromatic carbocycles. The zero-order chi connectivity index (χ0) is 33.3. The highest BCUT2D eigenvalue weighted by atomic mass is 19.3. The zero-order valence-corrected chi connectivity index (χ0v) is 27.1. The summed E-state index contributed by atoms with van der Waals surface area (Å²) in [5.41, 5.74) is 2.82. The van der Waals surface area contributed by atoms with Crippen LogP contribution in [-0.2, 0) is 11.3 Å². The number of rotatable bonds is 10. The third-order valence-electron chi connectivity index (χ3n) is 9.43. The van der Waals surface area contributed by atoms with Crippen LogP contribution in [0.15, 0.2) is 48.5 Å². The Morgan fingerprint density at radius 2 is 1.79 bits per heavy atom. The summed E-state index contributed by atoms with van der Waals surface area (Å²) >= 11 is 0. The molecule has 3 aliphatic rings. The SMILES string of the molecule is CC1CC(=O)N(Cc2cc(F)c(C(=O)NC3CCN(CC4CC(F)(F)C4)CC3)cc2Oc2ccc(-c3ccc(C(C)C)nn3)cc2)C1. The van der Waals surface area contributed by atoms with Crippen LogP contribution < -0.4 is 10.1 Å². The van der Waals surface area contributed by atoms with E-state index in [1.165, 1.54) is 12.1 Å². The Bertz CT molecular complexity index is 1580. The zero-order valence-electron chi connectivity index (χ0n) is 27.1. The lowest BCUT2D eigenvalue weighted by Gasteiger charge is -2.40. The molecule has 3 aromatic rings. The number of aromatic nitrogens is 2. The fourth-order valence-electron chi connectivity index (χ4n) is 6.74.